The Bertz CT molecular complexity index is 1060. The normalized spacial score (nSPS) is 10.6. The molecule has 0 saturated carbocycles. The fourth-order valence-corrected chi connectivity index (χ4v) is 3.78. The molecule has 1 heterocycles. The molecular weight excluding hydrogens is 440 g/mol. The molecule has 0 spiro atoms. The lowest BCUT2D eigenvalue weighted by atomic mass is 10.2. The first-order valence-electron chi connectivity index (χ1n) is 9.43. The van der Waals surface area contributed by atoms with Crippen LogP contribution in [0.2, 0.25) is 5.02 Å². The monoisotopic (exact) mass is 462 g/mol. The van der Waals surface area contributed by atoms with Gasteiger partial charge in [0.1, 0.15) is 17.2 Å². The smallest absolute Gasteiger partial charge is 0.234 e. The maximum Gasteiger partial charge on any atom is 0.234 e. The summed E-state index contributed by atoms with van der Waals surface area (Å²) in [5, 5.41) is 12.3. The number of rotatable bonds is 9. The number of benzene rings is 2. The van der Waals surface area contributed by atoms with Gasteiger partial charge in [0.25, 0.3) is 0 Å². The lowest BCUT2D eigenvalue weighted by molar-refractivity contribution is -0.113. The Balaban J connectivity index is 1.66. The summed E-state index contributed by atoms with van der Waals surface area (Å²) in [6.45, 7) is 2.55. The van der Waals surface area contributed by atoms with Gasteiger partial charge in [-0.2, -0.15) is 0 Å². The van der Waals surface area contributed by atoms with E-state index < -0.39 is 0 Å². The van der Waals surface area contributed by atoms with Gasteiger partial charge < -0.3 is 24.1 Å². The van der Waals surface area contributed by atoms with Crippen LogP contribution in [0.4, 0.5) is 5.69 Å². The lowest BCUT2D eigenvalue weighted by Gasteiger charge is -2.13. The lowest BCUT2D eigenvalue weighted by Crippen LogP contribution is -2.15. The van der Waals surface area contributed by atoms with E-state index in [0.29, 0.717) is 39.8 Å². The summed E-state index contributed by atoms with van der Waals surface area (Å²) < 4.78 is 17.8. The highest BCUT2D eigenvalue weighted by atomic mass is 35.5. The highest BCUT2D eigenvalue weighted by molar-refractivity contribution is 7.99. The van der Waals surface area contributed by atoms with Crippen molar-refractivity contribution in [2.45, 2.75) is 12.1 Å². The van der Waals surface area contributed by atoms with Gasteiger partial charge in [0.05, 0.1) is 37.3 Å². The van der Waals surface area contributed by atoms with E-state index in [4.69, 9.17) is 25.8 Å². The molecule has 3 rings (SSSR count). The van der Waals surface area contributed by atoms with Gasteiger partial charge in [0, 0.05) is 24.7 Å². The van der Waals surface area contributed by atoms with Crippen molar-refractivity contribution in [1.82, 2.24) is 14.8 Å². The summed E-state index contributed by atoms with van der Waals surface area (Å²) in [7, 11) is 4.87. The van der Waals surface area contributed by atoms with Gasteiger partial charge in [0.15, 0.2) is 11.0 Å². The molecule has 0 unspecified atom stereocenters. The molecule has 1 amide bonds. The average Bonchev–Trinajstić information content (AvgIpc) is 3.14. The fraction of sp³-hybridized carbons (Fsp3) is 0.286. The number of hydrogen-bond acceptors (Lipinski definition) is 7. The number of nitrogens with zero attached hydrogens (tertiary/aromatic N) is 3. The molecule has 0 radical (unpaired) electrons. The number of hydrogen-bond donors (Lipinski definition) is 1. The first-order chi connectivity index (χ1) is 15.0. The Morgan fingerprint density at radius 3 is 2.48 bits per heavy atom. The van der Waals surface area contributed by atoms with Crippen LogP contribution in [0.1, 0.15) is 6.92 Å². The summed E-state index contributed by atoms with van der Waals surface area (Å²) >= 11 is 7.39. The molecule has 8 nitrogen and oxygen atoms in total. The topological polar surface area (TPSA) is 87.5 Å². The summed E-state index contributed by atoms with van der Waals surface area (Å²) in [5.41, 5.74) is 1.38. The molecule has 164 valence electrons. The van der Waals surface area contributed by atoms with E-state index in [1.54, 1.807) is 12.1 Å². The molecular formula is C21H23ClN4O4S. The van der Waals surface area contributed by atoms with E-state index in [9.17, 15) is 4.79 Å². The maximum atomic E-state index is 12.5. The fourth-order valence-electron chi connectivity index (χ4n) is 2.83. The molecule has 2 aromatic carbocycles. The summed E-state index contributed by atoms with van der Waals surface area (Å²) in [4.78, 5) is 12.5. The quantitative estimate of drug-likeness (QED) is 0.475. The Labute approximate surface area is 189 Å². The van der Waals surface area contributed by atoms with Gasteiger partial charge in [0.2, 0.25) is 5.91 Å². The molecule has 0 atom stereocenters. The highest BCUT2D eigenvalue weighted by Gasteiger charge is 2.16. The molecule has 1 N–H and O–H groups in total. The number of ether oxygens (including phenoxy) is 3. The third-order valence-electron chi connectivity index (χ3n) is 4.34. The number of carbonyl (C=O) groups is 1. The van der Waals surface area contributed by atoms with Crippen LogP contribution in [-0.4, -0.2) is 47.3 Å². The van der Waals surface area contributed by atoms with Crippen molar-refractivity contribution in [3.8, 4) is 28.6 Å². The van der Waals surface area contributed by atoms with Crippen molar-refractivity contribution in [2.24, 2.45) is 7.05 Å². The van der Waals surface area contributed by atoms with Crippen molar-refractivity contribution >= 4 is 35.0 Å². The third-order valence-corrected chi connectivity index (χ3v) is 5.65. The first-order valence-corrected chi connectivity index (χ1v) is 10.8. The second kappa shape index (κ2) is 10.4. The van der Waals surface area contributed by atoms with Crippen LogP contribution >= 0.6 is 23.4 Å². The Morgan fingerprint density at radius 2 is 1.84 bits per heavy atom. The van der Waals surface area contributed by atoms with Gasteiger partial charge in [-0.05, 0) is 31.2 Å². The Hall–Kier alpha value is -2.91. The van der Waals surface area contributed by atoms with E-state index in [-0.39, 0.29) is 11.7 Å². The number of anilines is 1. The number of nitrogens with one attached hydrogen (secondary N) is 1. The second-order valence-corrected chi connectivity index (χ2v) is 7.70. The number of aromatic nitrogens is 3. The van der Waals surface area contributed by atoms with Gasteiger partial charge in [-0.1, -0.05) is 23.4 Å². The molecule has 0 aliphatic carbocycles. The molecule has 31 heavy (non-hydrogen) atoms. The predicted molar refractivity (Wildman–Crippen MR) is 122 cm³/mol. The van der Waals surface area contributed by atoms with Gasteiger partial charge in [-0.15, -0.1) is 10.2 Å². The molecule has 0 aliphatic rings. The first kappa shape index (κ1) is 22.8. The average molecular weight is 463 g/mol. The zero-order valence-corrected chi connectivity index (χ0v) is 19.2. The molecule has 0 saturated heterocycles. The van der Waals surface area contributed by atoms with Crippen molar-refractivity contribution in [3.05, 3.63) is 41.4 Å². The number of amides is 1. The number of halogens is 1. The Morgan fingerprint density at radius 1 is 1.13 bits per heavy atom. The highest BCUT2D eigenvalue weighted by Crippen LogP contribution is 2.36. The second-order valence-electron chi connectivity index (χ2n) is 6.35. The number of carbonyl (C=O) groups excluding carboxylic acids is 1. The number of thioether (sulfide) groups is 1. The summed E-state index contributed by atoms with van der Waals surface area (Å²) in [5.74, 6) is 2.31. The summed E-state index contributed by atoms with van der Waals surface area (Å²) in [6, 6.07) is 10.8. The van der Waals surface area contributed by atoms with E-state index in [1.165, 1.54) is 26.0 Å². The van der Waals surface area contributed by atoms with Crippen LogP contribution in [0.5, 0.6) is 17.2 Å². The summed E-state index contributed by atoms with van der Waals surface area (Å²) in [6.07, 6.45) is 0. The molecule has 10 heteroatoms. The molecule has 3 aromatic rings. The largest absolute Gasteiger partial charge is 0.495 e. The van der Waals surface area contributed by atoms with Crippen molar-refractivity contribution < 1.29 is 19.0 Å². The van der Waals surface area contributed by atoms with E-state index in [2.05, 4.69) is 15.5 Å². The predicted octanol–water partition coefficient (Wildman–Crippen LogP) is 4.28. The van der Waals surface area contributed by atoms with Crippen LogP contribution in [0.3, 0.4) is 0 Å². The van der Waals surface area contributed by atoms with E-state index in [0.717, 1.165) is 11.3 Å². The van der Waals surface area contributed by atoms with E-state index in [1.807, 2.05) is 42.8 Å². The molecule has 1 aromatic heterocycles. The van der Waals surface area contributed by atoms with Crippen LogP contribution < -0.4 is 19.5 Å². The van der Waals surface area contributed by atoms with Crippen LogP contribution in [-0.2, 0) is 11.8 Å². The SMILES string of the molecule is CCOc1ccc(-c2nnc(SCC(=O)Nc3cc(OC)c(Cl)cc3OC)n2C)cc1. The molecule has 0 aliphatic heterocycles. The van der Waals surface area contributed by atoms with Crippen molar-refractivity contribution in [1.29, 1.82) is 0 Å². The zero-order valence-electron chi connectivity index (χ0n) is 17.6. The van der Waals surface area contributed by atoms with Crippen LogP contribution in [0.15, 0.2) is 41.6 Å². The minimum Gasteiger partial charge on any atom is -0.495 e. The van der Waals surface area contributed by atoms with Crippen LogP contribution in [0.25, 0.3) is 11.4 Å². The Kier molecular flexibility index (Phi) is 7.64. The van der Waals surface area contributed by atoms with E-state index >= 15 is 0 Å². The molecule has 0 fully saturated rings. The molecule has 0 bridgehead atoms. The van der Waals surface area contributed by atoms with Crippen molar-refractivity contribution in [2.75, 3.05) is 31.9 Å². The van der Waals surface area contributed by atoms with Gasteiger partial charge in [-0.3, -0.25) is 4.79 Å². The minimum absolute atomic E-state index is 0.142. The van der Waals surface area contributed by atoms with Gasteiger partial charge >= 0.3 is 0 Å². The van der Waals surface area contributed by atoms with Crippen molar-refractivity contribution in [3.63, 3.8) is 0 Å². The van der Waals surface area contributed by atoms with Gasteiger partial charge in [-0.25, -0.2) is 0 Å². The minimum atomic E-state index is -0.224. The zero-order chi connectivity index (χ0) is 22.4. The third kappa shape index (κ3) is 5.42. The standard InChI is InChI=1S/C21H23ClN4O4S/c1-5-30-14-8-6-13(7-9-14)20-24-25-21(26(20)2)31-12-19(27)23-16-11-17(28-3)15(22)10-18(16)29-4/h6-11H,5,12H2,1-4H3,(H,23,27). The maximum absolute atomic E-state index is 12.5. The number of methoxy groups -OCH3 is 2. The van der Waals surface area contributed by atoms with Crippen LogP contribution in [0, 0.1) is 0 Å².